The molecule has 2 unspecified atom stereocenters. The average Bonchev–Trinajstić information content (AvgIpc) is 2.47. The molecule has 0 saturated heterocycles. The highest BCUT2D eigenvalue weighted by molar-refractivity contribution is 9.10. The molecule has 1 N–H and O–H groups in total. The van der Waals surface area contributed by atoms with E-state index in [0.29, 0.717) is 22.9 Å². The summed E-state index contributed by atoms with van der Waals surface area (Å²) < 4.78 is 12.1. The zero-order valence-electron chi connectivity index (χ0n) is 11.3. The Morgan fingerprint density at radius 1 is 1.29 bits per heavy atom. The fourth-order valence-corrected chi connectivity index (χ4v) is 3.15. The molecule has 0 fully saturated rings. The van der Waals surface area contributed by atoms with Gasteiger partial charge in [0.2, 0.25) is 0 Å². The van der Waals surface area contributed by atoms with Crippen molar-refractivity contribution in [3.8, 4) is 11.5 Å². The molecule has 0 radical (unpaired) electrons. The SMILES string of the molecule is COc1ccc(C2CC(O)c3cc(Br)ccc3O2)cc1Cl. The number of rotatable bonds is 2. The number of methoxy groups -OCH3 is 1. The minimum atomic E-state index is -0.558. The summed E-state index contributed by atoms with van der Waals surface area (Å²) in [6.45, 7) is 0. The molecule has 0 aliphatic carbocycles. The zero-order chi connectivity index (χ0) is 15.0. The summed E-state index contributed by atoms with van der Waals surface area (Å²) >= 11 is 9.56. The van der Waals surface area contributed by atoms with Crippen molar-refractivity contribution in [2.24, 2.45) is 0 Å². The van der Waals surface area contributed by atoms with Gasteiger partial charge in [0, 0.05) is 16.5 Å². The number of ether oxygens (including phenoxy) is 2. The maximum absolute atomic E-state index is 10.3. The first-order valence-corrected chi connectivity index (χ1v) is 7.73. The zero-order valence-corrected chi connectivity index (χ0v) is 13.7. The highest BCUT2D eigenvalue weighted by atomic mass is 79.9. The van der Waals surface area contributed by atoms with E-state index in [-0.39, 0.29) is 6.10 Å². The molecule has 3 nitrogen and oxygen atoms in total. The monoisotopic (exact) mass is 368 g/mol. The summed E-state index contributed by atoms with van der Waals surface area (Å²) in [5.74, 6) is 1.33. The van der Waals surface area contributed by atoms with Crippen molar-refractivity contribution in [2.75, 3.05) is 7.11 Å². The van der Waals surface area contributed by atoms with Crippen LogP contribution in [0.5, 0.6) is 11.5 Å². The fourth-order valence-electron chi connectivity index (χ4n) is 2.51. The molecule has 1 aliphatic rings. The molecular weight excluding hydrogens is 356 g/mol. The van der Waals surface area contributed by atoms with E-state index in [4.69, 9.17) is 21.1 Å². The van der Waals surface area contributed by atoms with E-state index in [9.17, 15) is 5.11 Å². The van der Waals surface area contributed by atoms with E-state index < -0.39 is 6.10 Å². The van der Waals surface area contributed by atoms with Crippen LogP contribution in [0, 0.1) is 0 Å². The third kappa shape index (κ3) is 2.89. The van der Waals surface area contributed by atoms with Gasteiger partial charge >= 0.3 is 0 Å². The number of hydrogen-bond acceptors (Lipinski definition) is 3. The summed E-state index contributed by atoms with van der Waals surface area (Å²) in [7, 11) is 1.58. The van der Waals surface area contributed by atoms with Crippen molar-refractivity contribution in [3.05, 3.63) is 57.0 Å². The molecule has 0 spiro atoms. The molecule has 1 heterocycles. The second-order valence-corrected chi connectivity index (χ2v) is 6.26. The van der Waals surface area contributed by atoms with Gasteiger partial charge in [-0.2, -0.15) is 0 Å². The quantitative estimate of drug-likeness (QED) is 0.836. The molecule has 3 rings (SSSR count). The van der Waals surface area contributed by atoms with Crippen LogP contribution in [0.25, 0.3) is 0 Å². The summed E-state index contributed by atoms with van der Waals surface area (Å²) in [6, 6.07) is 11.2. The Hall–Kier alpha value is -1.23. The van der Waals surface area contributed by atoms with E-state index >= 15 is 0 Å². The average molecular weight is 370 g/mol. The van der Waals surface area contributed by atoms with Crippen molar-refractivity contribution < 1.29 is 14.6 Å². The third-order valence-electron chi connectivity index (χ3n) is 3.59. The van der Waals surface area contributed by atoms with Gasteiger partial charge in [-0.3, -0.25) is 0 Å². The van der Waals surface area contributed by atoms with Gasteiger partial charge in [0.15, 0.2) is 0 Å². The molecule has 0 saturated carbocycles. The lowest BCUT2D eigenvalue weighted by molar-refractivity contribution is 0.0656. The van der Waals surface area contributed by atoms with Gasteiger partial charge in [0.05, 0.1) is 18.2 Å². The summed E-state index contributed by atoms with van der Waals surface area (Å²) in [6.07, 6.45) is -0.291. The molecule has 0 aromatic heterocycles. The molecule has 0 amide bonds. The topological polar surface area (TPSA) is 38.7 Å². The van der Waals surface area contributed by atoms with Gasteiger partial charge in [-0.15, -0.1) is 0 Å². The van der Waals surface area contributed by atoms with Gasteiger partial charge in [-0.1, -0.05) is 33.6 Å². The number of aliphatic hydroxyl groups is 1. The Morgan fingerprint density at radius 2 is 2.10 bits per heavy atom. The Bertz CT molecular complexity index is 675. The summed E-state index contributed by atoms with van der Waals surface area (Å²) in [5.41, 5.74) is 1.73. The molecule has 21 heavy (non-hydrogen) atoms. The van der Waals surface area contributed by atoms with Crippen LogP contribution in [0.3, 0.4) is 0 Å². The number of hydrogen-bond donors (Lipinski definition) is 1. The van der Waals surface area contributed by atoms with Crippen molar-refractivity contribution in [2.45, 2.75) is 18.6 Å². The Morgan fingerprint density at radius 3 is 2.81 bits per heavy atom. The third-order valence-corrected chi connectivity index (χ3v) is 4.37. The molecule has 2 atom stereocenters. The van der Waals surface area contributed by atoms with Crippen LogP contribution in [0.2, 0.25) is 5.02 Å². The lowest BCUT2D eigenvalue weighted by atomic mass is 9.95. The lowest BCUT2D eigenvalue weighted by Crippen LogP contribution is -2.19. The summed E-state index contributed by atoms with van der Waals surface area (Å²) in [5, 5.41) is 10.9. The van der Waals surface area contributed by atoms with Crippen molar-refractivity contribution in [1.29, 1.82) is 0 Å². The van der Waals surface area contributed by atoms with E-state index in [1.807, 2.05) is 36.4 Å². The molecule has 110 valence electrons. The standard InChI is InChI=1S/C16H14BrClO3/c1-20-15-4-2-9(6-12(15)18)16-8-13(19)11-7-10(17)3-5-14(11)21-16/h2-7,13,16,19H,8H2,1H3. The molecule has 0 bridgehead atoms. The Kier molecular flexibility index (Phi) is 4.11. The first-order valence-electron chi connectivity index (χ1n) is 6.56. The maximum atomic E-state index is 10.3. The minimum Gasteiger partial charge on any atom is -0.495 e. The van der Waals surface area contributed by atoms with Crippen molar-refractivity contribution >= 4 is 27.5 Å². The van der Waals surface area contributed by atoms with Crippen LogP contribution in [-0.2, 0) is 0 Å². The van der Waals surface area contributed by atoms with Gasteiger partial charge in [0.25, 0.3) is 0 Å². The molecule has 2 aromatic rings. The second-order valence-electron chi connectivity index (χ2n) is 4.93. The van der Waals surface area contributed by atoms with Crippen LogP contribution in [0.1, 0.15) is 29.8 Å². The number of fused-ring (bicyclic) bond motifs is 1. The molecule has 2 aromatic carbocycles. The Balaban J connectivity index is 1.92. The minimum absolute atomic E-state index is 0.225. The molecule has 1 aliphatic heterocycles. The maximum Gasteiger partial charge on any atom is 0.137 e. The van der Waals surface area contributed by atoms with E-state index in [1.54, 1.807) is 7.11 Å². The second kappa shape index (κ2) is 5.87. The molecular formula is C16H14BrClO3. The van der Waals surface area contributed by atoms with Crippen LogP contribution < -0.4 is 9.47 Å². The van der Waals surface area contributed by atoms with Gasteiger partial charge in [-0.05, 0) is 35.9 Å². The fraction of sp³-hybridized carbons (Fsp3) is 0.250. The van der Waals surface area contributed by atoms with Crippen LogP contribution >= 0.6 is 27.5 Å². The van der Waals surface area contributed by atoms with Gasteiger partial charge in [0.1, 0.15) is 17.6 Å². The number of halogens is 2. The van der Waals surface area contributed by atoms with E-state index in [2.05, 4.69) is 15.9 Å². The molecule has 5 heteroatoms. The van der Waals surface area contributed by atoms with Crippen LogP contribution in [-0.4, -0.2) is 12.2 Å². The number of aliphatic hydroxyl groups excluding tert-OH is 1. The van der Waals surface area contributed by atoms with E-state index in [1.165, 1.54) is 0 Å². The largest absolute Gasteiger partial charge is 0.495 e. The highest BCUT2D eigenvalue weighted by Crippen LogP contribution is 2.42. The van der Waals surface area contributed by atoms with Crippen LogP contribution in [0.15, 0.2) is 40.9 Å². The first kappa shape index (κ1) is 14.7. The van der Waals surface area contributed by atoms with Gasteiger partial charge in [-0.25, -0.2) is 0 Å². The predicted molar refractivity (Wildman–Crippen MR) is 85.1 cm³/mol. The highest BCUT2D eigenvalue weighted by Gasteiger charge is 2.28. The predicted octanol–water partition coefficient (Wildman–Crippen LogP) is 4.67. The normalized spacial score (nSPS) is 20.6. The van der Waals surface area contributed by atoms with Crippen molar-refractivity contribution in [3.63, 3.8) is 0 Å². The van der Waals surface area contributed by atoms with Gasteiger partial charge < -0.3 is 14.6 Å². The Labute approximate surface area is 136 Å². The lowest BCUT2D eigenvalue weighted by Gasteiger charge is -2.30. The van der Waals surface area contributed by atoms with E-state index in [0.717, 1.165) is 15.6 Å². The first-order chi connectivity index (χ1) is 10.1. The van der Waals surface area contributed by atoms with Crippen molar-refractivity contribution in [1.82, 2.24) is 0 Å². The number of benzene rings is 2. The smallest absolute Gasteiger partial charge is 0.137 e. The van der Waals surface area contributed by atoms with Crippen LogP contribution in [0.4, 0.5) is 0 Å². The summed E-state index contributed by atoms with van der Waals surface area (Å²) in [4.78, 5) is 0.